The summed E-state index contributed by atoms with van der Waals surface area (Å²) in [5, 5.41) is 14.6. The van der Waals surface area contributed by atoms with Crippen LogP contribution >= 0.6 is 11.6 Å². The van der Waals surface area contributed by atoms with Crippen molar-refractivity contribution in [1.82, 2.24) is 25.5 Å². The van der Waals surface area contributed by atoms with Gasteiger partial charge in [-0.2, -0.15) is 4.68 Å². The zero-order chi connectivity index (χ0) is 16.4. The van der Waals surface area contributed by atoms with Gasteiger partial charge in [0.15, 0.2) is 0 Å². The van der Waals surface area contributed by atoms with Gasteiger partial charge in [-0.1, -0.05) is 11.6 Å². The number of hydrogen-bond acceptors (Lipinski definition) is 5. The van der Waals surface area contributed by atoms with E-state index in [4.69, 9.17) is 16.3 Å². The molecular weight excluding hydrogens is 318 g/mol. The summed E-state index contributed by atoms with van der Waals surface area (Å²) < 4.78 is 7.11. The summed E-state index contributed by atoms with van der Waals surface area (Å²) in [7, 11) is 0. The molecule has 122 valence electrons. The van der Waals surface area contributed by atoms with Gasteiger partial charge >= 0.3 is 0 Å². The highest BCUT2D eigenvalue weighted by atomic mass is 35.5. The standard InChI is InChI=1S/C15H18ClN5O2/c1-15(2)8-11(5-6-23-15)18-14(22)12-4-3-10(16)7-13(12)21-9-17-19-20-21/h3-4,7,9,11H,5-6,8H2,1-2H3,(H,18,22). The average Bonchev–Trinajstić information content (AvgIpc) is 3.00. The number of carbonyl (C=O) groups excluding carboxylic acids is 1. The molecule has 2 heterocycles. The van der Waals surface area contributed by atoms with Crippen LogP contribution in [0, 0.1) is 0 Å². The molecule has 1 amide bonds. The monoisotopic (exact) mass is 335 g/mol. The van der Waals surface area contributed by atoms with E-state index in [1.165, 1.54) is 11.0 Å². The van der Waals surface area contributed by atoms with E-state index in [0.717, 1.165) is 12.8 Å². The lowest BCUT2D eigenvalue weighted by molar-refractivity contribution is -0.0615. The van der Waals surface area contributed by atoms with E-state index < -0.39 is 0 Å². The maximum Gasteiger partial charge on any atom is 0.253 e. The van der Waals surface area contributed by atoms with Crippen molar-refractivity contribution in [3.63, 3.8) is 0 Å². The van der Waals surface area contributed by atoms with Gasteiger partial charge in [-0.05, 0) is 55.3 Å². The zero-order valence-electron chi connectivity index (χ0n) is 13.0. The van der Waals surface area contributed by atoms with Gasteiger partial charge in [0.2, 0.25) is 0 Å². The average molecular weight is 336 g/mol. The Kier molecular flexibility index (Phi) is 4.32. The molecule has 1 aromatic heterocycles. The van der Waals surface area contributed by atoms with Crippen LogP contribution < -0.4 is 5.32 Å². The molecule has 0 spiro atoms. The van der Waals surface area contributed by atoms with Gasteiger partial charge in [0.25, 0.3) is 5.91 Å². The number of carbonyl (C=O) groups is 1. The number of amides is 1. The van der Waals surface area contributed by atoms with Crippen LogP contribution in [0.3, 0.4) is 0 Å². The molecule has 1 saturated heterocycles. The van der Waals surface area contributed by atoms with E-state index >= 15 is 0 Å². The van der Waals surface area contributed by atoms with Crippen molar-refractivity contribution in [1.29, 1.82) is 0 Å². The molecule has 1 fully saturated rings. The van der Waals surface area contributed by atoms with E-state index in [1.54, 1.807) is 18.2 Å². The maximum atomic E-state index is 12.7. The Morgan fingerprint density at radius 3 is 3.00 bits per heavy atom. The van der Waals surface area contributed by atoms with E-state index in [1.807, 2.05) is 13.8 Å². The van der Waals surface area contributed by atoms with Crippen molar-refractivity contribution in [3.8, 4) is 5.69 Å². The first-order valence-corrected chi connectivity index (χ1v) is 7.80. The van der Waals surface area contributed by atoms with Crippen molar-refractivity contribution in [2.45, 2.75) is 38.3 Å². The molecule has 7 nitrogen and oxygen atoms in total. The van der Waals surface area contributed by atoms with Crippen LogP contribution in [-0.4, -0.2) is 44.4 Å². The van der Waals surface area contributed by atoms with E-state index in [0.29, 0.717) is 22.9 Å². The van der Waals surface area contributed by atoms with Gasteiger partial charge in [0, 0.05) is 17.7 Å². The quantitative estimate of drug-likeness (QED) is 0.927. The summed E-state index contributed by atoms with van der Waals surface area (Å²) in [6.45, 7) is 4.69. The maximum absolute atomic E-state index is 12.7. The van der Waals surface area contributed by atoms with Crippen LogP contribution in [0.15, 0.2) is 24.5 Å². The Labute approximate surface area is 139 Å². The number of nitrogens with one attached hydrogen (secondary N) is 1. The van der Waals surface area contributed by atoms with Crippen molar-refractivity contribution >= 4 is 17.5 Å². The summed E-state index contributed by atoms with van der Waals surface area (Å²) in [4.78, 5) is 12.7. The summed E-state index contributed by atoms with van der Waals surface area (Å²) >= 11 is 6.04. The normalized spacial score (nSPS) is 20.2. The summed E-state index contributed by atoms with van der Waals surface area (Å²) in [6.07, 6.45) is 3.00. The summed E-state index contributed by atoms with van der Waals surface area (Å²) in [5.41, 5.74) is 0.798. The largest absolute Gasteiger partial charge is 0.375 e. The second-order valence-corrected chi connectivity index (χ2v) is 6.62. The molecule has 0 saturated carbocycles. The first-order valence-electron chi connectivity index (χ1n) is 7.42. The van der Waals surface area contributed by atoms with Crippen molar-refractivity contribution in [3.05, 3.63) is 35.1 Å². The van der Waals surface area contributed by atoms with Crippen LogP contribution in [0.1, 0.15) is 37.0 Å². The van der Waals surface area contributed by atoms with Gasteiger partial charge in [-0.15, -0.1) is 5.10 Å². The molecule has 2 aromatic rings. The fraction of sp³-hybridized carbons (Fsp3) is 0.467. The first-order chi connectivity index (χ1) is 10.9. The number of benzene rings is 1. The molecule has 0 bridgehead atoms. The number of ether oxygens (including phenoxy) is 1. The van der Waals surface area contributed by atoms with Crippen LogP contribution in [0.2, 0.25) is 5.02 Å². The third-order valence-corrected chi connectivity index (χ3v) is 4.07. The van der Waals surface area contributed by atoms with Crippen LogP contribution in [0.5, 0.6) is 0 Å². The van der Waals surface area contributed by atoms with Crippen molar-refractivity contribution < 1.29 is 9.53 Å². The van der Waals surface area contributed by atoms with Crippen LogP contribution in [0.25, 0.3) is 5.69 Å². The molecule has 0 aliphatic carbocycles. The zero-order valence-corrected chi connectivity index (χ0v) is 13.7. The molecule has 1 aliphatic rings. The van der Waals surface area contributed by atoms with E-state index in [-0.39, 0.29) is 17.6 Å². The minimum absolute atomic E-state index is 0.0728. The van der Waals surface area contributed by atoms with Crippen LogP contribution in [0.4, 0.5) is 0 Å². The molecule has 3 rings (SSSR count). The van der Waals surface area contributed by atoms with Gasteiger partial charge in [0.1, 0.15) is 6.33 Å². The van der Waals surface area contributed by atoms with E-state index in [9.17, 15) is 4.79 Å². The fourth-order valence-corrected chi connectivity index (χ4v) is 2.94. The van der Waals surface area contributed by atoms with E-state index in [2.05, 4.69) is 20.8 Å². The van der Waals surface area contributed by atoms with Crippen molar-refractivity contribution in [2.24, 2.45) is 0 Å². The molecule has 1 atom stereocenters. The number of aromatic nitrogens is 4. The molecule has 8 heteroatoms. The van der Waals surface area contributed by atoms with Gasteiger partial charge in [-0.25, -0.2) is 0 Å². The number of tetrazole rings is 1. The Morgan fingerprint density at radius 2 is 2.30 bits per heavy atom. The second kappa shape index (κ2) is 6.25. The Hall–Kier alpha value is -1.99. The predicted octanol–water partition coefficient (Wildman–Crippen LogP) is 2.00. The highest BCUT2D eigenvalue weighted by molar-refractivity contribution is 6.31. The molecule has 0 radical (unpaired) electrons. The Bertz CT molecular complexity index is 702. The fourth-order valence-electron chi connectivity index (χ4n) is 2.78. The summed E-state index contributed by atoms with van der Waals surface area (Å²) in [5.74, 6) is -0.171. The number of rotatable bonds is 3. The Balaban J connectivity index is 1.83. The minimum atomic E-state index is -0.227. The van der Waals surface area contributed by atoms with Gasteiger partial charge in [0.05, 0.1) is 16.9 Å². The highest BCUT2D eigenvalue weighted by Crippen LogP contribution is 2.25. The molecule has 23 heavy (non-hydrogen) atoms. The lowest BCUT2D eigenvalue weighted by atomic mass is 9.93. The number of halogens is 1. The van der Waals surface area contributed by atoms with Crippen LogP contribution in [-0.2, 0) is 4.74 Å². The second-order valence-electron chi connectivity index (χ2n) is 6.19. The third-order valence-electron chi connectivity index (χ3n) is 3.83. The number of hydrogen-bond donors (Lipinski definition) is 1. The first kappa shape index (κ1) is 15.9. The molecule has 1 unspecified atom stereocenters. The number of nitrogens with zero attached hydrogens (tertiary/aromatic N) is 4. The Morgan fingerprint density at radius 1 is 1.48 bits per heavy atom. The van der Waals surface area contributed by atoms with Gasteiger partial charge in [-0.3, -0.25) is 4.79 Å². The third kappa shape index (κ3) is 3.68. The lowest BCUT2D eigenvalue weighted by Crippen LogP contribution is -2.46. The van der Waals surface area contributed by atoms with Crippen molar-refractivity contribution in [2.75, 3.05) is 6.61 Å². The smallest absolute Gasteiger partial charge is 0.253 e. The predicted molar refractivity (Wildman–Crippen MR) is 84.7 cm³/mol. The topological polar surface area (TPSA) is 81.9 Å². The summed E-state index contributed by atoms with van der Waals surface area (Å²) in [6, 6.07) is 5.10. The molecular formula is C15H18ClN5O2. The van der Waals surface area contributed by atoms with Gasteiger partial charge < -0.3 is 10.1 Å². The minimum Gasteiger partial charge on any atom is -0.375 e. The molecule has 1 N–H and O–H groups in total. The highest BCUT2D eigenvalue weighted by Gasteiger charge is 2.30. The lowest BCUT2D eigenvalue weighted by Gasteiger charge is -2.35. The SMILES string of the molecule is CC1(C)CC(NC(=O)c2ccc(Cl)cc2-n2cnnn2)CCO1. The molecule has 1 aliphatic heterocycles. The molecule has 1 aromatic carbocycles.